The predicted molar refractivity (Wildman–Crippen MR) is 115 cm³/mol. The summed E-state index contributed by atoms with van der Waals surface area (Å²) in [5.74, 6) is -2.85. The Morgan fingerprint density at radius 3 is 2.44 bits per heavy atom. The number of halogens is 5. The second-order valence-electron chi connectivity index (χ2n) is 7.65. The van der Waals surface area contributed by atoms with E-state index in [9.17, 15) is 35.6 Å². The number of hydrogen-bond donors (Lipinski definition) is 1. The lowest BCUT2D eigenvalue weighted by atomic mass is 10.1. The van der Waals surface area contributed by atoms with Gasteiger partial charge in [0, 0.05) is 18.2 Å². The summed E-state index contributed by atoms with van der Waals surface area (Å²) in [5, 5.41) is -0.154. The molecule has 0 aromatic heterocycles. The molecule has 1 aliphatic heterocycles. The van der Waals surface area contributed by atoms with Gasteiger partial charge < -0.3 is 9.64 Å². The molecule has 2 aromatic carbocycles. The van der Waals surface area contributed by atoms with E-state index in [1.54, 1.807) is 4.72 Å². The van der Waals surface area contributed by atoms with E-state index in [1.807, 2.05) is 0 Å². The molecule has 0 spiro atoms. The number of benzene rings is 2. The Bertz CT molecular complexity index is 1200. The molecule has 1 N–H and O–H groups in total. The lowest BCUT2D eigenvalue weighted by molar-refractivity contribution is -0.137. The third-order valence-corrected chi connectivity index (χ3v) is 5.92. The van der Waals surface area contributed by atoms with Crippen LogP contribution in [0.2, 0.25) is 5.02 Å². The molecule has 1 atom stereocenters. The monoisotopic (exact) mass is 522 g/mol. The number of sulfonamides is 1. The summed E-state index contributed by atoms with van der Waals surface area (Å²) in [5.41, 5.74) is -1.37. The maximum atomic E-state index is 14.4. The molecule has 1 aliphatic rings. The first kappa shape index (κ1) is 25.8. The number of carbonyl (C=O) groups is 2. The topological polar surface area (TPSA) is 92.8 Å². The van der Waals surface area contributed by atoms with E-state index in [0.29, 0.717) is 19.4 Å². The standard InChI is InChI=1S/C21H19ClF4N2O5S/c1-34(31,32)27-19(29)15-9-16(22)18(10-17(15)23)33-11-14-3-2-8-28(14)20(30)12-4-6-13(7-5-12)21(24,25)26/h4-7,9-10,14H,2-3,8,11H2,1H3,(H,27,29)/t14-/m1/s1. The number of hydrogen-bond acceptors (Lipinski definition) is 5. The average Bonchev–Trinajstić information content (AvgIpc) is 3.20. The van der Waals surface area contributed by atoms with Crippen molar-refractivity contribution in [3.05, 3.63) is 63.9 Å². The van der Waals surface area contributed by atoms with Crippen molar-refractivity contribution in [2.24, 2.45) is 0 Å². The Labute approximate surface area is 197 Å². The van der Waals surface area contributed by atoms with Crippen molar-refractivity contribution in [3.63, 3.8) is 0 Å². The van der Waals surface area contributed by atoms with Gasteiger partial charge in [0.25, 0.3) is 11.8 Å². The lowest BCUT2D eigenvalue weighted by Crippen LogP contribution is -2.39. The van der Waals surface area contributed by atoms with Gasteiger partial charge >= 0.3 is 6.18 Å². The van der Waals surface area contributed by atoms with E-state index >= 15 is 0 Å². The summed E-state index contributed by atoms with van der Waals surface area (Å²) in [6.07, 6.45) is -2.60. The zero-order valence-corrected chi connectivity index (χ0v) is 19.2. The molecule has 1 saturated heterocycles. The number of ether oxygens (including phenoxy) is 1. The molecular weight excluding hydrogens is 504 g/mol. The Hall–Kier alpha value is -2.86. The Morgan fingerprint density at radius 2 is 1.85 bits per heavy atom. The van der Waals surface area contributed by atoms with E-state index in [2.05, 4.69) is 0 Å². The molecule has 0 saturated carbocycles. The largest absolute Gasteiger partial charge is 0.490 e. The second kappa shape index (κ2) is 9.79. The van der Waals surface area contributed by atoms with Gasteiger partial charge in [0.15, 0.2) is 0 Å². The van der Waals surface area contributed by atoms with Gasteiger partial charge in [-0.1, -0.05) is 11.6 Å². The van der Waals surface area contributed by atoms with Crippen molar-refractivity contribution in [1.82, 2.24) is 9.62 Å². The Kier molecular flexibility index (Phi) is 7.41. The molecule has 34 heavy (non-hydrogen) atoms. The van der Waals surface area contributed by atoms with Crippen LogP contribution in [0.1, 0.15) is 39.1 Å². The third kappa shape index (κ3) is 6.17. The number of nitrogens with one attached hydrogen (secondary N) is 1. The molecule has 3 rings (SSSR count). The average molecular weight is 523 g/mol. The molecule has 0 radical (unpaired) electrons. The first-order valence-electron chi connectivity index (χ1n) is 9.88. The van der Waals surface area contributed by atoms with Crippen molar-refractivity contribution in [2.75, 3.05) is 19.4 Å². The van der Waals surface area contributed by atoms with Crippen LogP contribution in [-0.2, 0) is 16.2 Å². The number of rotatable bonds is 6. The molecule has 2 aromatic rings. The molecule has 13 heteroatoms. The highest BCUT2D eigenvalue weighted by Crippen LogP contribution is 2.31. The maximum Gasteiger partial charge on any atom is 0.416 e. The smallest absolute Gasteiger partial charge is 0.416 e. The summed E-state index contributed by atoms with van der Waals surface area (Å²) >= 11 is 6.06. The summed E-state index contributed by atoms with van der Waals surface area (Å²) in [4.78, 5) is 26.2. The zero-order chi connectivity index (χ0) is 25.3. The van der Waals surface area contributed by atoms with Gasteiger partial charge in [0.1, 0.15) is 18.2 Å². The van der Waals surface area contributed by atoms with Gasteiger partial charge in [-0.05, 0) is 43.2 Å². The Morgan fingerprint density at radius 1 is 1.21 bits per heavy atom. The number of alkyl halides is 3. The highest BCUT2D eigenvalue weighted by molar-refractivity contribution is 7.89. The van der Waals surface area contributed by atoms with E-state index < -0.39 is 51.0 Å². The van der Waals surface area contributed by atoms with E-state index in [-0.39, 0.29) is 22.9 Å². The second-order valence-corrected chi connectivity index (χ2v) is 9.80. The molecule has 1 fully saturated rings. The van der Waals surface area contributed by atoms with E-state index in [1.165, 1.54) is 4.90 Å². The van der Waals surface area contributed by atoms with Gasteiger partial charge in [-0.3, -0.25) is 9.59 Å². The van der Waals surface area contributed by atoms with Crippen LogP contribution < -0.4 is 9.46 Å². The molecule has 7 nitrogen and oxygen atoms in total. The fourth-order valence-corrected chi connectivity index (χ4v) is 4.13. The number of carbonyl (C=O) groups excluding carboxylic acids is 2. The highest BCUT2D eigenvalue weighted by atomic mass is 35.5. The maximum absolute atomic E-state index is 14.4. The molecule has 0 unspecified atom stereocenters. The molecule has 2 amide bonds. The van der Waals surface area contributed by atoms with Crippen LogP contribution in [0, 0.1) is 5.82 Å². The molecule has 0 bridgehead atoms. The van der Waals surface area contributed by atoms with Crippen molar-refractivity contribution < 1.29 is 40.3 Å². The first-order valence-corrected chi connectivity index (χ1v) is 12.2. The number of likely N-dealkylation sites (tertiary alicyclic amines) is 1. The quantitative estimate of drug-likeness (QED) is 0.581. The number of amides is 2. The Balaban J connectivity index is 1.69. The fourth-order valence-electron chi connectivity index (χ4n) is 3.47. The SMILES string of the molecule is CS(=O)(=O)NC(=O)c1cc(Cl)c(OC[C@H]2CCCN2C(=O)c2ccc(C(F)(F)F)cc2)cc1F. The predicted octanol–water partition coefficient (Wildman–Crippen LogP) is 3.87. The van der Waals surface area contributed by atoms with Crippen LogP contribution in [0.5, 0.6) is 5.75 Å². The molecule has 0 aliphatic carbocycles. The molecule has 184 valence electrons. The first-order chi connectivity index (χ1) is 15.8. The molecule has 1 heterocycles. The van der Waals surface area contributed by atoms with Crippen LogP contribution in [0.25, 0.3) is 0 Å². The minimum atomic E-state index is -4.51. The summed E-state index contributed by atoms with van der Waals surface area (Å²) < 4.78 is 82.2. The zero-order valence-electron chi connectivity index (χ0n) is 17.7. The van der Waals surface area contributed by atoms with E-state index in [4.69, 9.17) is 16.3 Å². The van der Waals surface area contributed by atoms with Gasteiger partial charge in [-0.2, -0.15) is 13.2 Å². The van der Waals surface area contributed by atoms with Crippen LogP contribution in [-0.4, -0.2) is 50.6 Å². The van der Waals surface area contributed by atoms with Gasteiger partial charge in [-0.15, -0.1) is 0 Å². The lowest BCUT2D eigenvalue weighted by Gasteiger charge is -2.25. The minimum absolute atomic E-state index is 0.0829. The summed E-state index contributed by atoms with van der Waals surface area (Å²) in [7, 11) is -3.91. The van der Waals surface area contributed by atoms with Crippen molar-refractivity contribution in [2.45, 2.75) is 25.1 Å². The van der Waals surface area contributed by atoms with E-state index in [0.717, 1.165) is 42.7 Å². The molecular formula is C21H19ClF4N2O5S. The van der Waals surface area contributed by atoms with Crippen molar-refractivity contribution in [3.8, 4) is 5.75 Å². The van der Waals surface area contributed by atoms with Crippen LogP contribution in [0.4, 0.5) is 17.6 Å². The van der Waals surface area contributed by atoms with Crippen LogP contribution in [0.15, 0.2) is 36.4 Å². The van der Waals surface area contributed by atoms with Gasteiger partial charge in [0.2, 0.25) is 10.0 Å². The normalized spacial score (nSPS) is 16.4. The van der Waals surface area contributed by atoms with Crippen molar-refractivity contribution >= 4 is 33.4 Å². The summed E-state index contributed by atoms with van der Waals surface area (Å²) in [6, 6.07) is 5.19. The third-order valence-electron chi connectivity index (χ3n) is 5.07. The van der Waals surface area contributed by atoms with Crippen LogP contribution >= 0.6 is 11.6 Å². The highest BCUT2D eigenvalue weighted by Gasteiger charge is 2.33. The summed E-state index contributed by atoms with van der Waals surface area (Å²) in [6.45, 7) is 0.279. The van der Waals surface area contributed by atoms with Gasteiger partial charge in [-0.25, -0.2) is 17.5 Å². The van der Waals surface area contributed by atoms with Crippen LogP contribution in [0.3, 0.4) is 0 Å². The number of nitrogens with zero attached hydrogens (tertiary/aromatic N) is 1. The van der Waals surface area contributed by atoms with Gasteiger partial charge in [0.05, 0.1) is 28.4 Å². The minimum Gasteiger partial charge on any atom is -0.490 e. The fraction of sp³-hybridized carbons (Fsp3) is 0.333. The van der Waals surface area contributed by atoms with Crippen molar-refractivity contribution in [1.29, 1.82) is 0 Å².